The summed E-state index contributed by atoms with van der Waals surface area (Å²) in [6.45, 7) is 0. The molecule has 0 aliphatic carbocycles. The van der Waals surface area contributed by atoms with Crippen molar-refractivity contribution in [3.05, 3.63) is 27.3 Å². The van der Waals surface area contributed by atoms with E-state index in [9.17, 15) is 20.1 Å². The number of aromatic carboxylic acids is 1. The molecule has 0 saturated carbocycles. The van der Waals surface area contributed by atoms with Crippen molar-refractivity contribution in [1.29, 1.82) is 0 Å². The first kappa shape index (κ1) is 11.8. The summed E-state index contributed by atoms with van der Waals surface area (Å²) in [5.74, 6) is -3.54. The number of hydrogen-bond acceptors (Lipinski definition) is 4. The molecule has 2 rings (SSSR count). The number of phenolic OH excluding ortho intramolecular Hbond substituents is 2. The molecule has 0 fully saturated rings. The standard InChI is InChI=1S/C11H7IO5/c12-5-3-1-2-4-6(5)7(11(16)17)9(14)10(15)8(4)13/h1-3,13-15H,(H,16,17). The third-order valence-corrected chi connectivity index (χ3v) is 3.32. The zero-order chi connectivity index (χ0) is 12.7. The predicted octanol–water partition coefficient (Wildman–Crippen LogP) is 2.26. The summed E-state index contributed by atoms with van der Waals surface area (Å²) >= 11 is 1.89. The summed E-state index contributed by atoms with van der Waals surface area (Å²) < 4.78 is 0.558. The third-order valence-electron chi connectivity index (χ3n) is 2.42. The molecule has 4 N–H and O–H groups in total. The average Bonchev–Trinajstić information content (AvgIpc) is 2.27. The van der Waals surface area contributed by atoms with Gasteiger partial charge in [-0.2, -0.15) is 0 Å². The number of aromatic hydroxyl groups is 3. The van der Waals surface area contributed by atoms with Crippen LogP contribution in [0.4, 0.5) is 0 Å². The first-order chi connectivity index (χ1) is 7.95. The molecule has 5 nitrogen and oxygen atoms in total. The van der Waals surface area contributed by atoms with E-state index in [0.29, 0.717) is 3.57 Å². The Kier molecular flexibility index (Phi) is 2.74. The Hall–Kier alpha value is -1.70. The van der Waals surface area contributed by atoms with Gasteiger partial charge in [-0.1, -0.05) is 12.1 Å². The highest BCUT2D eigenvalue weighted by molar-refractivity contribution is 14.1. The van der Waals surface area contributed by atoms with Gasteiger partial charge in [-0.3, -0.25) is 0 Å². The Bertz CT molecular complexity index is 636. The number of carboxylic acid groups (broad SMARTS) is 1. The molecule has 0 saturated heterocycles. The van der Waals surface area contributed by atoms with Crippen LogP contribution in [-0.2, 0) is 0 Å². The van der Waals surface area contributed by atoms with Crippen LogP contribution < -0.4 is 0 Å². The zero-order valence-electron chi connectivity index (χ0n) is 8.31. The van der Waals surface area contributed by atoms with Crippen LogP contribution in [0.25, 0.3) is 10.8 Å². The third kappa shape index (κ3) is 1.64. The number of hydrogen-bond donors (Lipinski definition) is 4. The molecule has 0 atom stereocenters. The van der Waals surface area contributed by atoms with E-state index in [0.717, 1.165) is 0 Å². The molecule has 0 aliphatic rings. The van der Waals surface area contributed by atoms with E-state index in [1.807, 2.05) is 22.6 Å². The molecular formula is C11H7IO5. The van der Waals surface area contributed by atoms with Crippen molar-refractivity contribution in [2.75, 3.05) is 0 Å². The van der Waals surface area contributed by atoms with Crippen LogP contribution in [-0.4, -0.2) is 26.4 Å². The fourth-order valence-electron chi connectivity index (χ4n) is 1.66. The minimum Gasteiger partial charge on any atom is -0.504 e. The highest BCUT2D eigenvalue weighted by atomic mass is 127. The summed E-state index contributed by atoms with van der Waals surface area (Å²) in [4.78, 5) is 11.1. The molecule has 6 heteroatoms. The van der Waals surface area contributed by atoms with Gasteiger partial charge in [0, 0.05) is 14.3 Å². The minimum atomic E-state index is -1.37. The van der Waals surface area contributed by atoms with E-state index in [1.165, 1.54) is 6.07 Å². The van der Waals surface area contributed by atoms with Crippen LogP contribution in [0.3, 0.4) is 0 Å². The van der Waals surface area contributed by atoms with E-state index >= 15 is 0 Å². The Morgan fingerprint density at radius 3 is 2.29 bits per heavy atom. The molecule has 0 amide bonds. The molecule has 2 aromatic carbocycles. The number of carboxylic acids is 1. The van der Waals surface area contributed by atoms with Crippen LogP contribution in [0.1, 0.15) is 10.4 Å². The van der Waals surface area contributed by atoms with Crippen molar-refractivity contribution in [2.45, 2.75) is 0 Å². The lowest BCUT2D eigenvalue weighted by atomic mass is 10.0. The van der Waals surface area contributed by atoms with Gasteiger partial charge in [-0.05, 0) is 28.7 Å². The molecule has 2 aromatic rings. The molecular weight excluding hydrogens is 339 g/mol. The Labute approximate surface area is 109 Å². The number of carbonyl (C=O) groups is 1. The minimum absolute atomic E-state index is 0.185. The number of benzene rings is 2. The van der Waals surface area contributed by atoms with Gasteiger partial charge in [0.25, 0.3) is 0 Å². The fraction of sp³-hybridized carbons (Fsp3) is 0. The normalized spacial score (nSPS) is 10.6. The topological polar surface area (TPSA) is 98.0 Å². The number of rotatable bonds is 1. The lowest BCUT2D eigenvalue weighted by molar-refractivity contribution is 0.0695. The van der Waals surface area contributed by atoms with Gasteiger partial charge in [0.05, 0.1) is 0 Å². The van der Waals surface area contributed by atoms with Crippen LogP contribution >= 0.6 is 22.6 Å². The fourth-order valence-corrected chi connectivity index (χ4v) is 2.43. The van der Waals surface area contributed by atoms with Gasteiger partial charge in [-0.25, -0.2) is 4.79 Å². The lowest BCUT2D eigenvalue weighted by Gasteiger charge is -2.11. The first-order valence-corrected chi connectivity index (χ1v) is 5.61. The summed E-state index contributed by atoms with van der Waals surface area (Å²) in [5.41, 5.74) is -0.416. The molecule has 0 aliphatic heterocycles. The van der Waals surface area contributed by atoms with Crippen molar-refractivity contribution < 1.29 is 25.2 Å². The van der Waals surface area contributed by atoms with Crippen LogP contribution in [0.2, 0.25) is 0 Å². The van der Waals surface area contributed by atoms with Crippen molar-refractivity contribution in [3.63, 3.8) is 0 Å². The van der Waals surface area contributed by atoms with E-state index in [4.69, 9.17) is 5.11 Å². The second kappa shape index (κ2) is 3.95. The molecule has 17 heavy (non-hydrogen) atoms. The van der Waals surface area contributed by atoms with E-state index < -0.39 is 28.8 Å². The first-order valence-electron chi connectivity index (χ1n) is 4.53. The quantitative estimate of drug-likeness (QED) is 0.469. The van der Waals surface area contributed by atoms with E-state index in [1.54, 1.807) is 12.1 Å². The molecule has 0 unspecified atom stereocenters. The maximum Gasteiger partial charge on any atom is 0.340 e. The maximum atomic E-state index is 11.1. The van der Waals surface area contributed by atoms with Gasteiger partial charge in [0.15, 0.2) is 11.5 Å². The van der Waals surface area contributed by atoms with Crippen molar-refractivity contribution in [1.82, 2.24) is 0 Å². The van der Waals surface area contributed by atoms with Crippen LogP contribution in [0.15, 0.2) is 18.2 Å². The van der Waals surface area contributed by atoms with Gasteiger partial charge in [0.1, 0.15) is 5.56 Å². The van der Waals surface area contributed by atoms with Gasteiger partial charge in [-0.15, -0.1) is 0 Å². The summed E-state index contributed by atoms with van der Waals surface area (Å²) in [6, 6.07) is 4.73. The van der Waals surface area contributed by atoms with Gasteiger partial charge in [0.2, 0.25) is 5.75 Å². The van der Waals surface area contributed by atoms with Crippen molar-refractivity contribution in [2.24, 2.45) is 0 Å². The largest absolute Gasteiger partial charge is 0.504 e. The summed E-state index contributed by atoms with van der Waals surface area (Å²) in [7, 11) is 0. The Morgan fingerprint density at radius 2 is 1.71 bits per heavy atom. The molecule has 0 aromatic heterocycles. The Balaban J connectivity index is 3.11. The van der Waals surface area contributed by atoms with Crippen LogP contribution in [0.5, 0.6) is 17.2 Å². The molecule has 88 valence electrons. The second-order valence-corrected chi connectivity index (χ2v) is 4.55. The maximum absolute atomic E-state index is 11.1. The summed E-state index contributed by atoms with van der Waals surface area (Å²) in [5, 5.41) is 38.1. The van der Waals surface area contributed by atoms with E-state index in [2.05, 4.69) is 0 Å². The summed E-state index contributed by atoms with van der Waals surface area (Å²) in [6.07, 6.45) is 0. The van der Waals surface area contributed by atoms with E-state index in [-0.39, 0.29) is 10.8 Å². The number of halogens is 1. The van der Waals surface area contributed by atoms with Crippen LogP contribution in [0, 0.1) is 3.57 Å². The zero-order valence-corrected chi connectivity index (χ0v) is 10.5. The predicted molar refractivity (Wildman–Crippen MR) is 68.6 cm³/mol. The molecule has 0 bridgehead atoms. The monoisotopic (exact) mass is 346 g/mol. The molecule has 0 heterocycles. The molecule has 0 spiro atoms. The SMILES string of the molecule is O=C(O)c1c(O)c(O)c(O)c2cccc(I)c12. The van der Waals surface area contributed by atoms with Gasteiger partial charge >= 0.3 is 5.97 Å². The highest BCUT2D eigenvalue weighted by Gasteiger charge is 2.23. The number of fused-ring (bicyclic) bond motifs is 1. The smallest absolute Gasteiger partial charge is 0.340 e. The average molecular weight is 346 g/mol. The molecule has 0 radical (unpaired) electrons. The van der Waals surface area contributed by atoms with Crippen molar-refractivity contribution >= 4 is 39.3 Å². The lowest BCUT2D eigenvalue weighted by Crippen LogP contribution is -2.00. The highest BCUT2D eigenvalue weighted by Crippen LogP contribution is 2.45. The van der Waals surface area contributed by atoms with Gasteiger partial charge < -0.3 is 20.4 Å². The second-order valence-electron chi connectivity index (χ2n) is 3.39. The number of phenols is 3. The van der Waals surface area contributed by atoms with Crippen molar-refractivity contribution in [3.8, 4) is 17.2 Å². The Morgan fingerprint density at radius 1 is 1.06 bits per heavy atom.